The van der Waals surface area contributed by atoms with E-state index >= 15 is 0 Å². The van der Waals surface area contributed by atoms with Crippen molar-refractivity contribution >= 4 is 23.0 Å². The van der Waals surface area contributed by atoms with Crippen molar-refractivity contribution < 1.29 is 4.39 Å². The molecule has 2 saturated heterocycles. The lowest BCUT2D eigenvalue weighted by molar-refractivity contribution is 0.102. The summed E-state index contributed by atoms with van der Waals surface area (Å²) in [5.74, 6) is 0.263. The standard InChI is InChI=1S/C15H21ClFN3/c1-19-5-2-3-10-9-20(6-4-14(10)19)15-8-12(17)11(16)7-13(15)18/h7-8,10,14H,2-6,9,18H2,1H3. The highest BCUT2D eigenvalue weighted by Gasteiger charge is 2.34. The molecule has 0 aromatic heterocycles. The molecule has 110 valence electrons. The first-order valence-corrected chi connectivity index (χ1v) is 7.64. The molecule has 0 aliphatic carbocycles. The van der Waals surface area contributed by atoms with Gasteiger partial charge in [0, 0.05) is 25.2 Å². The van der Waals surface area contributed by atoms with Crippen LogP contribution in [-0.2, 0) is 0 Å². The van der Waals surface area contributed by atoms with Crippen LogP contribution in [0.1, 0.15) is 19.3 Å². The summed E-state index contributed by atoms with van der Waals surface area (Å²) in [6.07, 6.45) is 3.61. The number of benzene rings is 1. The van der Waals surface area contributed by atoms with E-state index in [1.54, 1.807) is 0 Å². The number of hydrogen-bond acceptors (Lipinski definition) is 3. The monoisotopic (exact) mass is 297 g/mol. The lowest BCUT2D eigenvalue weighted by atomic mass is 9.84. The maximum absolute atomic E-state index is 13.7. The normalized spacial score (nSPS) is 27.4. The molecule has 2 unspecified atom stereocenters. The molecule has 5 heteroatoms. The fourth-order valence-corrected chi connectivity index (χ4v) is 3.87. The number of nitrogens with zero attached hydrogens (tertiary/aromatic N) is 2. The summed E-state index contributed by atoms with van der Waals surface area (Å²) >= 11 is 5.77. The van der Waals surface area contributed by atoms with E-state index in [1.165, 1.54) is 31.5 Å². The van der Waals surface area contributed by atoms with E-state index in [2.05, 4.69) is 16.8 Å². The summed E-state index contributed by atoms with van der Waals surface area (Å²) in [6.45, 7) is 3.08. The summed E-state index contributed by atoms with van der Waals surface area (Å²) in [7, 11) is 2.21. The maximum atomic E-state index is 13.7. The van der Waals surface area contributed by atoms with Crippen molar-refractivity contribution in [1.82, 2.24) is 4.90 Å². The molecule has 3 nitrogen and oxygen atoms in total. The molecule has 0 bridgehead atoms. The first-order valence-electron chi connectivity index (χ1n) is 7.26. The van der Waals surface area contributed by atoms with E-state index in [1.807, 2.05) is 0 Å². The largest absolute Gasteiger partial charge is 0.397 e. The molecule has 2 aliphatic rings. The van der Waals surface area contributed by atoms with E-state index in [9.17, 15) is 4.39 Å². The average Bonchev–Trinajstić information content (AvgIpc) is 2.43. The number of hydrogen-bond donors (Lipinski definition) is 1. The minimum absolute atomic E-state index is 0.0959. The SMILES string of the molecule is CN1CCCC2CN(c3cc(F)c(Cl)cc3N)CCC21. The predicted octanol–water partition coefficient (Wildman–Crippen LogP) is 2.98. The van der Waals surface area contributed by atoms with Crippen molar-refractivity contribution in [2.75, 3.05) is 37.3 Å². The van der Waals surface area contributed by atoms with Gasteiger partial charge in [-0.3, -0.25) is 0 Å². The van der Waals surface area contributed by atoms with Gasteiger partial charge in [-0.05, 0) is 44.8 Å². The third-order valence-electron chi connectivity index (χ3n) is 4.76. The summed E-state index contributed by atoms with van der Waals surface area (Å²) in [5, 5.41) is 0.0959. The van der Waals surface area contributed by atoms with Crippen LogP contribution in [0.4, 0.5) is 15.8 Å². The van der Waals surface area contributed by atoms with Gasteiger partial charge in [0.25, 0.3) is 0 Å². The highest BCUT2D eigenvalue weighted by Crippen LogP contribution is 2.35. The molecule has 2 heterocycles. The summed E-state index contributed by atoms with van der Waals surface area (Å²) in [6, 6.07) is 3.66. The van der Waals surface area contributed by atoms with Crippen molar-refractivity contribution in [3.63, 3.8) is 0 Å². The van der Waals surface area contributed by atoms with Gasteiger partial charge in [0.1, 0.15) is 5.82 Å². The molecule has 1 aromatic rings. The highest BCUT2D eigenvalue weighted by molar-refractivity contribution is 6.31. The number of likely N-dealkylation sites (tertiary alicyclic amines) is 1. The second-order valence-electron chi connectivity index (χ2n) is 6.01. The first kappa shape index (κ1) is 14.0. The van der Waals surface area contributed by atoms with Crippen molar-refractivity contribution in [3.8, 4) is 0 Å². The quantitative estimate of drug-likeness (QED) is 0.809. The Kier molecular flexibility index (Phi) is 3.78. The number of piperidine rings is 2. The van der Waals surface area contributed by atoms with Gasteiger partial charge in [-0.1, -0.05) is 11.6 Å². The minimum Gasteiger partial charge on any atom is -0.397 e. The number of nitrogens with two attached hydrogens (primary N) is 1. The van der Waals surface area contributed by atoms with Crippen LogP contribution in [0.15, 0.2) is 12.1 Å². The van der Waals surface area contributed by atoms with E-state index in [0.29, 0.717) is 17.6 Å². The number of fused-ring (bicyclic) bond motifs is 1. The Morgan fingerprint density at radius 1 is 1.30 bits per heavy atom. The molecule has 0 amide bonds. The van der Waals surface area contributed by atoms with E-state index in [0.717, 1.165) is 25.2 Å². The number of halogens is 2. The molecule has 2 N–H and O–H groups in total. The lowest BCUT2D eigenvalue weighted by Crippen LogP contribution is -2.52. The molecule has 20 heavy (non-hydrogen) atoms. The van der Waals surface area contributed by atoms with Gasteiger partial charge in [0.05, 0.1) is 16.4 Å². The van der Waals surface area contributed by atoms with Gasteiger partial charge in [-0.25, -0.2) is 4.39 Å². The Balaban J connectivity index is 1.81. The maximum Gasteiger partial charge on any atom is 0.144 e. The van der Waals surface area contributed by atoms with Crippen LogP contribution in [0, 0.1) is 11.7 Å². The number of nitrogen functional groups attached to an aromatic ring is 1. The zero-order chi connectivity index (χ0) is 14.3. The Bertz CT molecular complexity index is 508. The number of anilines is 2. The molecule has 2 atom stereocenters. The van der Waals surface area contributed by atoms with Crippen molar-refractivity contribution in [1.29, 1.82) is 0 Å². The molecule has 0 spiro atoms. The molecule has 2 fully saturated rings. The van der Waals surface area contributed by atoms with Gasteiger partial charge in [0.15, 0.2) is 0 Å². The van der Waals surface area contributed by atoms with Crippen LogP contribution in [0.25, 0.3) is 0 Å². The minimum atomic E-state index is -0.390. The molecule has 2 aliphatic heterocycles. The molecular formula is C15H21ClFN3. The van der Waals surface area contributed by atoms with Gasteiger partial charge < -0.3 is 15.5 Å². The predicted molar refractivity (Wildman–Crippen MR) is 81.8 cm³/mol. The Hall–Kier alpha value is -1.00. The molecular weight excluding hydrogens is 277 g/mol. The van der Waals surface area contributed by atoms with Gasteiger partial charge in [0.2, 0.25) is 0 Å². The zero-order valence-electron chi connectivity index (χ0n) is 11.8. The van der Waals surface area contributed by atoms with Gasteiger partial charge in [-0.2, -0.15) is 0 Å². The fraction of sp³-hybridized carbons (Fsp3) is 0.600. The second-order valence-corrected chi connectivity index (χ2v) is 6.42. The topological polar surface area (TPSA) is 32.5 Å². The van der Waals surface area contributed by atoms with Crippen LogP contribution in [0.2, 0.25) is 5.02 Å². The van der Waals surface area contributed by atoms with Crippen molar-refractivity contribution in [2.24, 2.45) is 5.92 Å². The summed E-state index contributed by atoms with van der Waals surface area (Å²) in [5.41, 5.74) is 7.37. The summed E-state index contributed by atoms with van der Waals surface area (Å²) < 4.78 is 13.7. The smallest absolute Gasteiger partial charge is 0.144 e. The van der Waals surface area contributed by atoms with E-state index < -0.39 is 5.82 Å². The third kappa shape index (κ3) is 2.47. The Morgan fingerprint density at radius 3 is 2.90 bits per heavy atom. The Morgan fingerprint density at radius 2 is 2.10 bits per heavy atom. The Labute approximate surface area is 124 Å². The first-order chi connectivity index (χ1) is 9.56. The highest BCUT2D eigenvalue weighted by atomic mass is 35.5. The third-order valence-corrected chi connectivity index (χ3v) is 5.05. The van der Waals surface area contributed by atoms with Crippen LogP contribution >= 0.6 is 11.6 Å². The lowest BCUT2D eigenvalue weighted by Gasteiger charge is -2.46. The van der Waals surface area contributed by atoms with E-state index in [4.69, 9.17) is 17.3 Å². The molecule has 0 radical (unpaired) electrons. The molecule has 3 rings (SSSR count). The molecule has 1 aromatic carbocycles. The van der Waals surface area contributed by atoms with Crippen molar-refractivity contribution in [2.45, 2.75) is 25.3 Å². The van der Waals surface area contributed by atoms with Gasteiger partial charge in [-0.15, -0.1) is 0 Å². The average molecular weight is 298 g/mol. The molecule has 0 saturated carbocycles. The fourth-order valence-electron chi connectivity index (χ4n) is 3.70. The second kappa shape index (κ2) is 5.41. The van der Waals surface area contributed by atoms with Crippen LogP contribution < -0.4 is 10.6 Å². The van der Waals surface area contributed by atoms with Crippen LogP contribution in [-0.4, -0.2) is 37.6 Å². The van der Waals surface area contributed by atoms with Gasteiger partial charge >= 0.3 is 0 Å². The van der Waals surface area contributed by atoms with Crippen LogP contribution in [0.3, 0.4) is 0 Å². The zero-order valence-corrected chi connectivity index (χ0v) is 12.5. The number of rotatable bonds is 1. The summed E-state index contributed by atoms with van der Waals surface area (Å²) in [4.78, 5) is 4.69. The van der Waals surface area contributed by atoms with Crippen molar-refractivity contribution in [3.05, 3.63) is 23.0 Å². The van der Waals surface area contributed by atoms with E-state index in [-0.39, 0.29) is 5.02 Å². The van der Waals surface area contributed by atoms with Crippen LogP contribution in [0.5, 0.6) is 0 Å².